The number of benzene rings is 1. The molecule has 0 aromatic heterocycles. The molecule has 3 fully saturated rings. The number of rotatable bonds is 14. The topological polar surface area (TPSA) is 201 Å². The number of likely N-dealkylation sites (N-methyl/N-ethyl adjacent to an activating group) is 1. The van der Waals surface area contributed by atoms with Crippen molar-refractivity contribution in [3.8, 4) is 0 Å². The maximum Gasteiger partial charge on any atom is 0.410 e. The van der Waals surface area contributed by atoms with Gasteiger partial charge in [-0.1, -0.05) is 30.9 Å². The van der Waals surface area contributed by atoms with Crippen molar-refractivity contribution in [3.63, 3.8) is 0 Å². The van der Waals surface area contributed by atoms with E-state index in [-0.39, 0.29) is 38.4 Å². The van der Waals surface area contributed by atoms with Crippen LogP contribution in [-0.2, 0) is 51.8 Å². The van der Waals surface area contributed by atoms with Gasteiger partial charge in [0.1, 0.15) is 35.1 Å². The lowest BCUT2D eigenvalue weighted by molar-refractivity contribution is -0.140. The Morgan fingerprint density at radius 2 is 1.86 bits per heavy atom. The van der Waals surface area contributed by atoms with Crippen molar-refractivity contribution < 1.29 is 51.0 Å². The number of amides is 6. The minimum absolute atomic E-state index is 0.0308. The molecule has 5 rings (SSSR count). The molecule has 18 heteroatoms. The molecule has 1 aromatic carbocycles. The van der Waals surface area contributed by atoms with Crippen LogP contribution in [0.25, 0.3) is 0 Å². The summed E-state index contributed by atoms with van der Waals surface area (Å²) in [4.78, 5) is 83.4. The van der Waals surface area contributed by atoms with E-state index in [9.17, 15) is 41.6 Å². The number of hydrogen-bond acceptors (Lipinski definition) is 10. The zero-order valence-electron chi connectivity index (χ0n) is 32.3. The average molecular weight is 803 g/mol. The number of nitrogens with zero attached hydrogens (tertiary/aromatic N) is 3. The van der Waals surface area contributed by atoms with Gasteiger partial charge in [0.05, 0.1) is 18.3 Å². The lowest BCUT2D eigenvalue weighted by atomic mass is 10.1. The SMILES string of the molecule is C=CC(=O)N(C)CCC/C=C\C1C[C@]1(NC(=O)[C@@H]1C[C@@H](OC(=O)N2Cc3cccc(F)c3C2)CN1C(=O)[C@H](C)NC(=O)OC(C)(C)C)C(=O)NS(=O)(=O)C1CC1. The average Bonchev–Trinajstić information content (AvgIpc) is 4.00. The number of unbranched alkanes of at least 4 members (excludes halogenated alkanes) is 1. The van der Waals surface area contributed by atoms with E-state index in [2.05, 4.69) is 21.9 Å². The maximum atomic E-state index is 14.4. The Bertz CT molecular complexity index is 1900. The van der Waals surface area contributed by atoms with Crippen molar-refractivity contribution in [1.29, 1.82) is 0 Å². The molecule has 4 aliphatic rings. The highest BCUT2D eigenvalue weighted by Gasteiger charge is 2.62. The minimum Gasteiger partial charge on any atom is -0.444 e. The summed E-state index contributed by atoms with van der Waals surface area (Å²) in [5, 5.41) is 4.49. The molecule has 5 atom stereocenters. The van der Waals surface area contributed by atoms with E-state index in [0.717, 1.165) is 4.90 Å². The van der Waals surface area contributed by atoms with Crippen LogP contribution in [0.3, 0.4) is 0 Å². The van der Waals surface area contributed by atoms with Crippen LogP contribution in [0.5, 0.6) is 0 Å². The highest BCUT2D eigenvalue weighted by atomic mass is 32.2. The molecule has 16 nitrogen and oxygen atoms in total. The van der Waals surface area contributed by atoms with Crippen molar-refractivity contribution in [3.05, 3.63) is 60.0 Å². The first-order valence-corrected chi connectivity index (χ1v) is 20.2. The predicted molar refractivity (Wildman–Crippen MR) is 200 cm³/mol. The lowest BCUT2D eigenvalue weighted by Gasteiger charge is -2.29. The van der Waals surface area contributed by atoms with Crippen LogP contribution in [0.4, 0.5) is 14.0 Å². The fourth-order valence-electron chi connectivity index (χ4n) is 6.84. The van der Waals surface area contributed by atoms with Crippen molar-refractivity contribution in [2.45, 2.75) is 114 Å². The summed E-state index contributed by atoms with van der Waals surface area (Å²) in [6.07, 6.45) is 3.85. The Hall–Kier alpha value is -5.00. The van der Waals surface area contributed by atoms with Gasteiger partial charge in [0.15, 0.2) is 0 Å². The Kier molecular flexibility index (Phi) is 12.5. The van der Waals surface area contributed by atoms with Crippen molar-refractivity contribution in [2.75, 3.05) is 20.1 Å². The first-order chi connectivity index (χ1) is 26.2. The smallest absolute Gasteiger partial charge is 0.410 e. The number of allylic oxidation sites excluding steroid dienone is 1. The van der Waals surface area contributed by atoms with Gasteiger partial charge in [-0.2, -0.15) is 0 Å². The van der Waals surface area contributed by atoms with Crippen LogP contribution in [0.1, 0.15) is 77.3 Å². The highest BCUT2D eigenvalue weighted by Crippen LogP contribution is 2.46. The molecular weight excluding hydrogens is 752 g/mol. The summed E-state index contributed by atoms with van der Waals surface area (Å²) in [6.45, 7) is 10.1. The number of sulfonamides is 1. The number of carbonyl (C=O) groups excluding carboxylic acids is 6. The standard InChI is InChI=1S/C38H51FN6O10S/c1-7-31(46)43(6)17-10-8-9-13-25-19-38(25,34(49)42-56(52,53)27-15-16-27)41-32(47)30-18-26(21-45(30)33(48)23(2)40-35(50)55-37(3,4)5)54-36(51)44-20-24-12-11-14-29(39)28(24)22-44/h7,9,11-14,23,25-27,30H,1,8,10,15-22H2,2-6H3,(H,40,50)(H,41,47)(H,42,49)/b13-9-/t23-,25?,26+,30-,38+/m0/s1. The monoisotopic (exact) mass is 802 g/mol. The van der Waals surface area contributed by atoms with Gasteiger partial charge in [0.25, 0.3) is 5.91 Å². The molecule has 56 heavy (non-hydrogen) atoms. The summed E-state index contributed by atoms with van der Waals surface area (Å²) in [7, 11) is -2.35. The number of likely N-dealkylation sites (tertiary alicyclic amines) is 1. The molecule has 306 valence electrons. The number of carbonyl (C=O) groups is 6. The Morgan fingerprint density at radius 1 is 1.14 bits per heavy atom. The predicted octanol–water partition coefficient (Wildman–Crippen LogP) is 2.62. The van der Waals surface area contributed by atoms with Gasteiger partial charge in [-0.05, 0) is 77.5 Å². The first kappa shape index (κ1) is 42.1. The summed E-state index contributed by atoms with van der Waals surface area (Å²) in [5.41, 5.74) is -1.54. The van der Waals surface area contributed by atoms with E-state index >= 15 is 0 Å². The third-order valence-electron chi connectivity index (χ3n) is 10.2. The summed E-state index contributed by atoms with van der Waals surface area (Å²) >= 11 is 0. The van der Waals surface area contributed by atoms with E-state index < -0.39 is 86.2 Å². The molecule has 6 amide bonds. The van der Waals surface area contributed by atoms with E-state index in [4.69, 9.17) is 9.47 Å². The van der Waals surface area contributed by atoms with Crippen LogP contribution < -0.4 is 15.4 Å². The third kappa shape index (κ3) is 10.0. The normalized spacial score (nSPS) is 23.5. The van der Waals surface area contributed by atoms with Crippen LogP contribution in [0.15, 0.2) is 43.0 Å². The molecule has 3 N–H and O–H groups in total. The molecule has 0 spiro atoms. The van der Waals surface area contributed by atoms with Gasteiger partial charge in [-0.3, -0.25) is 28.8 Å². The first-order valence-electron chi connectivity index (χ1n) is 18.7. The third-order valence-corrected chi connectivity index (χ3v) is 12.0. The molecule has 0 radical (unpaired) electrons. The zero-order chi connectivity index (χ0) is 41.2. The number of halogens is 1. The van der Waals surface area contributed by atoms with Gasteiger partial charge < -0.3 is 29.9 Å². The highest BCUT2D eigenvalue weighted by molar-refractivity contribution is 7.91. The Balaban J connectivity index is 1.33. The molecule has 2 aliphatic carbocycles. The molecule has 0 bridgehead atoms. The van der Waals surface area contributed by atoms with Crippen molar-refractivity contribution >= 4 is 45.8 Å². The fraction of sp³-hybridized carbons (Fsp3) is 0.579. The second-order valence-electron chi connectivity index (χ2n) is 15.8. The van der Waals surface area contributed by atoms with E-state index in [1.807, 2.05) is 0 Å². The second kappa shape index (κ2) is 16.6. The van der Waals surface area contributed by atoms with Gasteiger partial charge in [-0.25, -0.2) is 22.4 Å². The molecule has 1 aromatic rings. The van der Waals surface area contributed by atoms with Crippen LogP contribution >= 0.6 is 0 Å². The Morgan fingerprint density at radius 3 is 2.50 bits per heavy atom. The van der Waals surface area contributed by atoms with Crippen molar-refractivity contribution in [1.82, 2.24) is 30.1 Å². The number of hydrogen-bond donors (Lipinski definition) is 3. The van der Waals surface area contributed by atoms with Crippen LogP contribution in [0, 0.1) is 11.7 Å². The molecule has 2 heterocycles. The molecular formula is C38H51FN6O10S. The van der Waals surface area contributed by atoms with Gasteiger partial charge in [0, 0.05) is 38.0 Å². The molecule has 1 unspecified atom stereocenters. The van der Waals surface area contributed by atoms with Gasteiger partial charge >= 0.3 is 12.2 Å². The lowest BCUT2D eigenvalue weighted by Crippen LogP contribution is -2.58. The number of ether oxygens (including phenoxy) is 2. The van der Waals surface area contributed by atoms with Crippen LogP contribution in [0.2, 0.25) is 0 Å². The number of nitrogens with one attached hydrogen (secondary N) is 3. The van der Waals surface area contributed by atoms with Crippen LogP contribution in [-0.4, -0.2) is 114 Å². The number of fused-ring (bicyclic) bond motifs is 1. The zero-order valence-corrected chi connectivity index (χ0v) is 33.2. The quantitative estimate of drug-likeness (QED) is 0.143. The molecule has 2 saturated carbocycles. The van der Waals surface area contributed by atoms with Crippen molar-refractivity contribution in [2.24, 2.45) is 5.92 Å². The summed E-state index contributed by atoms with van der Waals surface area (Å²) in [6, 6.07) is 2.05. The Labute approximate surface area is 326 Å². The van der Waals surface area contributed by atoms with Gasteiger partial charge in [0.2, 0.25) is 27.7 Å². The summed E-state index contributed by atoms with van der Waals surface area (Å²) < 4.78 is 53.3. The second-order valence-corrected chi connectivity index (χ2v) is 17.8. The molecule has 1 saturated heterocycles. The minimum atomic E-state index is -3.99. The maximum absolute atomic E-state index is 14.4. The fourth-order valence-corrected chi connectivity index (χ4v) is 8.20. The van der Waals surface area contributed by atoms with Gasteiger partial charge in [-0.15, -0.1) is 0 Å². The van der Waals surface area contributed by atoms with E-state index in [1.165, 1.54) is 28.9 Å². The number of alkyl carbamates (subject to hydrolysis) is 1. The molecule has 2 aliphatic heterocycles. The largest absolute Gasteiger partial charge is 0.444 e. The van der Waals surface area contributed by atoms with E-state index in [1.54, 1.807) is 52.1 Å². The van der Waals surface area contributed by atoms with E-state index in [0.29, 0.717) is 43.4 Å². The summed E-state index contributed by atoms with van der Waals surface area (Å²) in [5.74, 6) is -3.69.